The minimum atomic E-state index is 0.526. The molecular weight excluding hydrogens is 364 g/mol. The van der Waals surface area contributed by atoms with E-state index < -0.39 is 0 Å². The monoisotopic (exact) mass is 382 g/mol. The first kappa shape index (κ1) is 17.8. The molecule has 2 nitrogen and oxygen atoms in total. The molecule has 0 N–H and O–H groups in total. The van der Waals surface area contributed by atoms with E-state index in [4.69, 9.17) is 6.42 Å². The van der Waals surface area contributed by atoms with Gasteiger partial charge in [0.2, 0.25) is 0 Å². The van der Waals surface area contributed by atoms with Crippen LogP contribution in [0.15, 0.2) is 84.9 Å². The van der Waals surface area contributed by atoms with E-state index in [0.29, 0.717) is 11.1 Å². The van der Waals surface area contributed by atoms with Crippen molar-refractivity contribution >= 4 is 21.8 Å². The van der Waals surface area contributed by atoms with E-state index >= 15 is 0 Å². The number of nitrogens with zero attached hydrogens (tertiary/aromatic N) is 2. The maximum absolute atomic E-state index is 9.50. The van der Waals surface area contributed by atoms with Gasteiger partial charge in [-0.15, -0.1) is 6.42 Å². The molecule has 4 aromatic carbocycles. The van der Waals surface area contributed by atoms with Gasteiger partial charge >= 0.3 is 0 Å². The molecule has 0 aliphatic carbocycles. The van der Waals surface area contributed by atoms with Crippen molar-refractivity contribution in [2.45, 2.75) is 6.92 Å². The number of para-hydroxylation sites is 2. The van der Waals surface area contributed by atoms with Gasteiger partial charge in [0.15, 0.2) is 0 Å². The lowest BCUT2D eigenvalue weighted by molar-refractivity contribution is 1.17. The van der Waals surface area contributed by atoms with E-state index in [1.54, 1.807) is 6.07 Å². The molecule has 1 aromatic heterocycles. The number of nitriles is 1. The number of hydrogen-bond donors (Lipinski definition) is 0. The minimum Gasteiger partial charge on any atom is -0.309 e. The molecule has 0 saturated carbocycles. The second-order valence-corrected chi connectivity index (χ2v) is 7.31. The second-order valence-electron chi connectivity index (χ2n) is 7.31. The lowest BCUT2D eigenvalue weighted by Crippen LogP contribution is -1.97. The van der Waals surface area contributed by atoms with Crippen molar-refractivity contribution in [1.82, 2.24) is 4.57 Å². The molecule has 140 valence electrons. The number of aryl methyl sites for hydroxylation is 1. The van der Waals surface area contributed by atoms with Gasteiger partial charge in [-0.2, -0.15) is 5.26 Å². The third-order valence-corrected chi connectivity index (χ3v) is 5.72. The van der Waals surface area contributed by atoms with Crippen LogP contribution in [-0.4, -0.2) is 4.57 Å². The summed E-state index contributed by atoms with van der Waals surface area (Å²) in [5, 5.41) is 11.9. The van der Waals surface area contributed by atoms with Gasteiger partial charge in [0, 0.05) is 22.0 Å². The Labute approximate surface area is 175 Å². The fraction of sp³-hybridized carbons (Fsp3) is 0.0357. The van der Waals surface area contributed by atoms with Gasteiger partial charge in [-0.3, -0.25) is 0 Å². The van der Waals surface area contributed by atoms with Crippen LogP contribution in [0.25, 0.3) is 38.6 Å². The normalized spacial score (nSPS) is 10.8. The first-order valence-electron chi connectivity index (χ1n) is 9.83. The summed E-state index contributed by atoms with van der Waals surface area (Å²) >= 11 is 0. The Balaban J connectivity index is 1.93. The van der Waals surface area contributed by atoms with Gasteiger partial charge in [0.05, 0.1) is 16.6 Å². The zero-order valence-corrected chi connectivity index (χ0v) is 16.6. The predicted molar refractivity (Wildman–Crippen MR) is 124 cm³/mol. The zero-order valence-electron chi connectivity index (χ0n) is 16.6. The average Bonchev–Trinajstić information content (AvgIpc) is 3.14. The summed E-state index contributed by atoms with van der Waals surface area (Å²) in [4.78, 5) is 0. The molecule has 0 bridgehead atoms. The van der Waals surface area contributed by atoms with Crippen LogP contribution in [0.3, 0.4) is 0 Å². The summed E-state index contributed by atoms with van der Waals surface area (Å²) < 4.78 is 2.31. The summed E-state index contributed by atoms with van der Waals surface area (Å²) in [6.45, 7) is 2.13. The number of fused-ring (bicyclic) bond motifs is 3. The van der Waals surface area contributed by atoms with Crippen molar-refractivity contribution in [2.24, 2.45) is 0 Å². The molecule has 5 aromatic rings. The molecule has 2 heteroatoms. The molecule has 0 aliphatic heterocycles. The Morgan fingerprint density at radius 3 is 2.30 bits per heavy atom. The smallest absolute Gasteiger partial charge is 0.100 e. The van der Waals surface area contributed by atoms with Crippen molar-refractivity contribution in [3.8, 4) is 35.2 Å². The van der Waals surface area contributed by atoms with Crippen LogP contribution in [0.5, 0.6) is 0 Å². The van der Waals surface area contributed by atoms with Crippen LogP contribution < -0.4 is 0 Å². The molecule has 1 heterocycles. The molecule has 0 atom stereocenters. The summed E-state index contributed by atoms with van der Waals surface area (Å²) in [5.74, 6) is 2.73. The summed E-state index contributed by atoms with van der Waals surface area (Å²) in [7, 11) is 0. The highest BCUT2D eigenvalue weighted by Gasteiger charge is 2.18. The van der Waals surface area contributed by atoms with Gasteiger partial charge in [0.25, 0.3) is 0 Å². The molecule has 0 fully saturated rings. The molecule has 5 rings (SSSR count). The van der Waals surface area contributed by atoms with Crippen LogP contribution in [0, 0.1) is 30.6 Å². The topological polar surface area (TPSA) is 28.7 Å². The Morgan fingerprint density at radius 2 is 1.53 bits per heavy atom. The number of benzene rings is 4. The number of rotatable bonds is 2. The standard InChI is InChI=1S/C28H18N2/c1-3-22-20(18-29)10-9-14-24(22)23-16-17-26-25-13-7-8-15-27(25)30(28(26)19(23)2)21-11-5-4-6-12-21/h1,4-17H,2H3. The Hall–Kier alpha value is -4.27. The highest BCUT2D eigenvalue weighted by atomic mass is 15.0. The van der Waals surface area contributed by atoms with Gasteiger partial charge in [0.1, 0.15) is 6.07 Å². The van der Waals surface area contributed by atoms with Gasteiger partial charge in [-0.1, -0.05) is 66.6 Å². The largest absolute Gasteiger partial charge is 0.309 e. The maximum atomic E-state index is 9.50. The van der Waals surface area contributed by atoms with E-state index in [2.05, 4.69) is 84.1 Å². The Bertz CT molecular complexity index is 1510. The number of terminal acetylenes is 1. The van der Waals surface area contributed by atoms with Gasteiger partial charge in [-0.05, 0) is 47.9 Å². The SMILES string of the molecule is C#Cc1c(C#N)cccc1-c1ccc2c3ccccc3n(-c3ccccc3)c2c1C. The molecule has 30 heavy (non-hydrogen) atoms. The first-order valence-corrected chi connectivity index (χ1v) is 9.83. The van der Waals surface area contributed by atoms with Crippen molar-refractivity contribution in [1.29, 1.82) is 5.26 Å². The van der Waals surface area contributed by atoms with Crippen LogP contribution in [0.1, 0.15) is 16.7 Å². The molecular formula is C28H18N2. The summed E-state index contributed by atoms with van der Waals surface area (Å²) in [6.07, 6.45) is 5.80. The fourth-order valence-corrected chi connectivity index (χ4v) is 4.38. The highest BCUT2D eigenvalue weighted by molar-refractivity contribution is 6.11. The van der Waals surface area contributed by atoms with E-state index in [1.807, 2.05) is 18.2 Å². The minimum absolute atomic E-state index is 0.526. The predicted octanol–water partition coefficient (Wildman–Crippen LogP) is 6.61. The second kappa shape index (κ2) is 6.96. The quantitative estimate of drug-likeness (QED) is 0.316. The van der Waals surface area contributed by atoms with Crippen LogP contribution in [0.4, 0.5) is 0 Å². The van der Waals surface area contributed by atoms with Crippen LogP contribution in [0.2, 0.25) is 0 Å². The number of hydrogen-bond acceptors (Lipinski definition) is 1. The molecule has 0 radical (unpaired) electrons. The molecule has 0 amide bonds. The molecule has 0 spiro atoms. The molecule has 0 saturated heterocycles. The number of aromatic nitrogens is 1. The van der Waals surface area contributed by atoms with Crippen molar-refractivity contribution in [3.05, 3.63) is 102 Å². The lowest BCUT2D eigenvalue weighted by Gasteiger charge is -2.14. The lowest BCUT2D eigenvalue weighted by atomic mass is 9.92. The maximum Gasteiger partial charge on any atom is 0.100 e. The van der Waals surface area contributed by atoms with Gasteiger partial charge < -0.3 is 4.57 Å². The molecule has 0 unspecified atom stereocenters. The third-order valence-electron chi connectivity index (χ3n) is 5.72. The first-order chi connectivity index (χ1) is 14.7. The third kappa shape index (κ3) is 2.52. The van der Waals surface area contributed by atoms with E-state index in [1.165, 1.54) is 16.3 Å². The van der Waals surface area contributed by atoms with E-state index in [0.717, 1.165) is 27.9 Å². The summed E-state index contributed by atoms with van der Waals surface area (Å²) in [6, 6.07) is 31.0. The Kier molecular flexibility index (Phi) is 4.13. The van der Waals surface area contributed by atoms with E-state index in [-0.39, 0.29) is 0 Å². The zero-order chi connectivity index (χ0) is 20.7. The van der Waals surface area contributed by atoms with Crippen LogP contribution >= 0.6 is 0 Å². The van der Waals surface area contributed by atoms with Crippen molar-refractivity contribution < 1.29 is 0 Å². The molecule has 0 aliphatic rings. The average molecular weight is 382 g/mol. The fourth-order valence-electron chi connectivity index (χ4n) is 4.38. The van der Waals surface area contributed by atoms with Gasteiger partial charge in [-0.25, -0.2) is 0 Å². The van der Waals surface area contributed by atoms with Crippen LogP contribution in [-0.2, 0) is 0 Å². The summed E-state index contributed by atoms with van der Waals surface area (Å²) in [5.41, 5.74) is 7.72. The van der Waals surface area contributed by atoms with Crippen molar-refractivity contribution in [2.75, 3.05) is 0 Å². The Morgan fingerprint density at radius 1 is 0.767 bits per heavy atom. The van der Waals surface area contributed by atoms with E-state index in [9.17, 15) is 5.26 Å². The van der Waals surface area contributed by atoms with Crippen molar-refractivity contribution in [3.63, 3.8) is 0 Å². The highest BCUT2D eigenvalue weighted by Crippen LogP contribution is 2.38.